The fraction of sp³-hybridized carbons (Fsp3) is 0.143. The van der Waals surface area contributed by atoms with E-state index in [4.69, 9.17) is 4.52 Å². The maximum Gasteiger partial charge on any atom is 0.258 e. The second-order valence-corrected chi connectivity index (χ2v) is 5.17. The molecule has 0 spiro atoms. The average molecular weight is 256 g/mol. The van der Waals surface area contributed by atoms with Gasteiger partial charge in [-0.15, -0.1) is 11.3 Å². The molecule has 2 aromatic heterocycles. The van der Waals surface area contributed by atoms with Crippen molar-refractivity contribution in [3.8, 4) is 22.2 Å². The van der Waals surface area contributed by atoms with Crippen LogP contribution in [0.25, 0.3) is 22.2 Å². The predicted octanol–water partition coefficient (Wildman–Crippen LogP) is 4.08. The summed E-state index contributed by atoms with van der Waals surface area (Å²) < 4.78 is 5.36. The molecule has 0 bridgehead atoms. The molecule has 1 aromatic carbocycles. The summed E-state index contributed by atoms with van der Waals surface area (Å²) in [6, 6.07) is 10.2. The largest absolute Gasteiger partial charge is 0.334 e. The number of hydrogen-bond acceptors (Lipinski definition) is 4. The standard InChI is InChI=1S/C14H12N2OS/c1-9-5-6-10(2)11(8-9)14-15-13(16-17-14)12-4-3-7-18-12/h3-8H,1-2H3. The zero-order valence-electron chi connectivity index (χ0n) is 10.2. The van der Waals surface area contributed by atoms with Crippen LogP contribution in [0.5, 0.6) is 0 Å². The van der Waals surface area contributed by atoms with E-state index in [9.17, 15) is 0 Å². The Morgan fingerprint density at radius 3 is 2.83 bits per heavy atom. The number of aryl methyl sites for hydroxylation is 2. The fourth-order valence-corrected chi connectivity index (χ4v) is 2.45. The Morgan fingerprint density at radius 1 is 1.17 bits per heavy atom. The van der Waals surface area contributed by atoms with Gasteiger partial charge in [0.2, 0.25) is 5.82 Å². The number of rotatable bonds is 2. The Balaban J connectivity index is 2.05. The highest BCUT2D eigenvalue weighted by molar-refractivity contribution is 7.13. The molecule has 0 fully saturated rings. The van der Waals surface area contributed by atoms with E-state index in [1.54, 1.807) is 11.3 Å². The Bertz CT molecular complexity index is 671. The molecule has 2 heterocycles. The van der Waals surface area contributed by atoms with Gasteiger partial charge in [-0.2, -0.15) is 4.98 Å². The van der Waals surface area contributed by atoms with Crippen molar-refractivity contribution in [2.75, 3.05) is 0 Å². The van der Waals surface area contributed by atoms with Gasteiger partial charge in [-0.05, 0) is 36.9 Å². The predicted molar refractivity (Wildman–Crippen MR) is 72.5 cm³/mol. The first-order valence-corrected chi connectivity index (χ1v) is 6.57. The van der Waals surface area contributed by atoms with Crippen molar-refractivity contribution in [1.82, 2.24) is 10.1 Å². The molecule has 0 aliphatic rings. The van der Waals surface area contributed by atoms with Crippen LogP contribution < -0.4 is 0 Å². The molecule has 4 heteroatoms. The second kappa shape index (κ2) is 4.38. The molecule has 90 valence electrons. The normalized spacial score (nSPS) is 10.8. The monoisotopic (exact) mass is 256 g/mol. The molecule has 0 aliphatic heterocycles. The number of aromatic nitrogens is 2. The number of hydrogen-bond donors (Lipinski definition) is 0. The highest BCUT2D eigenvalue weighted by Crippen LogP contribution is 2.27. The molecule has 18 heavy (non-hydrogen) atoms. The van der Waals surface area contributed by atoms with Crippen molar-refractivity contribution >= 4 is 11.3 Å². The summed E-state index contributed by atoms with van der Waals surface area (Å²) in [7, 11) is 0. The summed E-state index contributed by atoms with van der Waals surface area (Å²) in [5, 5.41) is 6.03. The van der Waals surface area contributed by atoms with Crippen LogP contribution in [0, 0.1) is 13.8 Å². The second-order valence-electron chi connectivity index (χ2n) is 4.22. The molecular weight excluding hydrogens is 244 g/mol. The van der Waals surface area contributed by atoms with E-state index in [0.29, 0.717) is 11.7 Å². The van der Waals surface area contributed by atoms with E-state index in [-0.39, 0.29) is 0 Å². The SMILES string of the molecule is Cc1ccc(C)c(-c2nc(-c3cccs3)no2)c1. The van der Waals surface area contributed by atoms with E-state index in [1.807, 2.05) is 24.4 Å². The fourth-order valence-electron chi connectivity index (χ4n) is 1.81. The third-order valence-electron chi connectivity index (χ3n) is 2.79. The van der Waals surface area contributed by atoms with Crippen LogP contribution in [0.4, 0.5) is 0 Å². The summed E-state index contributed by atoms with van der Waals surface area (Å²) in [5.41, 5.74) is 3.33. The molecule has 0 aliphatic carbocycles. The minimum Gasteiger partial charge on any atom is -0.334 e. The van der Waals surface area contributed by atoms with Crippen molar-refractivity contribution in [2.45, 2.75) is 13.8 Å². The third kappa shape index (κ3) is 1.95. The van der Waals surface area contributed by atoms with Crippen LogP contribution in [0.3, 0.4) is 0 Å². The van der Waals surface area contributed by atoms with E-state index in [1.165, 1.54) is 5.56 Å². The van der Waals surface area contributed by atoms with Gasteiger partial charge in [0.1, 0.15) is 0 Å². The highest BCUT2D eigenvalue weighted by Gasteiger charge is 2.13. The smallest absolute Gasteiger partial charge is 0.258 e. The van der Waals surface area contributed by atoms with Gasteiger partial charge in [0.25, 0.3) is 5.89 Å². The lowest BCUT2D eigenvalue weighted by atomic mass is 10.1. The highest BCUT2D eigenvalue weighted by atomic mass is 32.1. The molecule has 0 amide bonds. The van der Waals surface area contributed by atoms with Crippen molar-refractivity contribution in [3.63, 3.8) is 0 Å². The van der Waals surface area contributed by atoms with Crippen LogP contribution in [0.2, 0.25) is 0 Å². The van der Waals surface area contributed by atoms with E-state index in [0.717, 1.165) is 16.0 Å². The molecule has 3 rings (SSSR count). The number of nitrogens with zero attached hydrogens (tertiary/aromatic N) is 2. The first kappa shape index (κ1) is 11.2. The van der Waals surface area contributed by atoms with Gasteiger partial charge in [0.15, 0.2) is 0 Å². The van der Waals surface area contributed by atoms with Gasteiger partial charge in [0, 0.05) is 5.56 Å². The van der Waals surface area contributed by atoms with Gasteiger partial charge >= 0.3 is 0 Å². The maximum atomic E-state index is 5.36. The van der Waals surface area contributed by atoms with Gasteiger partial charge in [-0.1, -0.05) is 28.9 Å². The number of thiophene rings is 1. The molecule has 3 nitrogen and oxygen atoms in total. The number of benzene rings is 1. The van der Waals surface area contributed by atoms with E-state index in [2.05, 4.69) is 35.3 Å². The van der Waals surface area contributed by atoms with E-state index < -0.39 is 0 Å². The van der Waals surface area contributed by atoms with Gasteiger partial charge in [-0.25, -0.2) is 0 Å². The summed E-state index contributed by atoms with van der Waals surface area (Å²) in [6.07, 6.45) is 0. The van der Waals surface area contributed by atoms with Gasteiger partial charge < -0.3 is 4.52 Å². The van der Waals surface area contributed by atoms with E-state index >= 15 is 0 Å². The summed E-state index contributed by atoms with van der Waals surface area (Å²) in [4.78, 5) is 5.48. The van der Waals surface area contributed by atoms with Crippen molar-refractivity contribution < 1.29 is 4.52 Å². The van der Waals surface area contributed by atoms with Gasteiger partial charge in [-0.3, -0.25) is 0 Å². The minimum absolute atomic E-state index is 0.583. The molecule has 3 aromatic rings. The Labute approximate surface area is 109 Å². The van der Waals surface area contributed by atoms with Crippen LogP contribution in [-0.4, -0.2) is 10.1 Å². The lowest BCUT2D eigenvalue weighted by molar-refractivity contribution is 0.432. The van der Waals surface area contributed by atoms with Crippen LogP contribution in [-0.2, 0) is 0 Å². The zero-order valence-corrected chi connectivity index (χ0v) is 11.0. The quantitative estimate of drug-likeness (QED) is 0.693. The average Bonchev–Trinajstić information content (AvgIpc) is 3.00. The van der Waals surface area contributed by atoms with Crippen molar-refractivity contribution in [3.05, 3.63) is 46.8 Å². The Morgan fingerprint density at radius 2 is 2.06 bits per heavy atom. The summed E-state index contributed by atoms with van der Waals surface area (Å²) in [5.74, 6) is 1.24. The van der Waals surface area contributed by atoms with Crippen molar-refractivity contribution in [1.29, 1.82) is 0 Å². The molecule has 0 N–H and O–H groups in total. The topological polar surface area (TPSA) is 38.9 Å². The van der Waals surface area contributed by atoms with Gasteiger partial charge in [0.05, 0.1) is 4.88 Å². The molecular formula is C14H12N2OS. The molecule has 0 atom stereocenters. The summed E-state index contributed by atoms with van der Waals surface area (Å²) >= 11 is 1.61. The minimum atomic E-state index is 0.583. The first-order valence-electron chi connectivity index (χ1n) is 5.69. The lowest BCUT2D eigenvalue weighted by Gasteiger charge is -2.01. The lowest BCUT2D eigenvalue weighted by Crippen LogP contribution is -1.85. The third-order valence-corrected chi connectivity index (χ3v) is 3.66. The zero-order chi connectivity index (χ0) is 12.5. The van der Waals surface area contributed by atoms with Crippen molar-refractivity contribution in [2.24, 2.45) is 0 Å². The molecule has 0 saturated carbocycles. The maximum absolute atomic E-state index is 5.36. The Hall–Kier alpha value is -1.94. The van der Waals surface area contributed by atoms with Crippen LogP contribution >= 0.6 is 11.3 Å². The Kier molecular flexibility index (Phi) is 2.72. The first-order chi connectivity index (χ1) is 8.74. The van der Waals surface area contributed by atoms with Crippen LogP contribution in [0.15, 0.2) is 40.2 Å². The van der Waals surface area contributed by atoms with Crippen LogP contribution in [0.1, 0.15) is 11.1 Å². The molecule has 0 saturated heterocycles. The summed E-state index contributed by atoms with van der Waals surface area (Å²) in [6.45, 7) is 4.10. The molecule has 0 unspecified atom stereocenters. The molecule has 0 radical (unpaired) electrons.